The number of ketones is 2. The normalized spacial score (nSPS) is 9.96. The molecule has 2 aromatic carbocycles. The summed E-state index contributed by atoms with van der Waals surface area (Å²) in [5.74, 6) is -1.29. The average Bonchev–Trinajstić information content (AvgIpc) is 2.53. The summed E-state index contributed by atoms with van der Waals surface area (Å²) in [7, 11) is 0. The number of aryl methyl sites for hydroxylation is 2. The smallest absolute Gasteiger partial charge is 0.328 e. The van der Waals surface area contributed by atoms with Crippen molar-refractivity contribution >= 4 is 17.5 Å². The minimum absolute atomic E-state index is 0.128. The average molecular weight is 324 g/mol. The van der Waals surface area contributed by atoms with Crippen LogP contribution in [0.1, 0.15) is 38.8 Å². The van der Waals surface area contributed by atoms with E-state index in [-0.39, 0.29) is 11.6 Å². The first-order valence-electron chi connectivity index (χ1n) is 7.39. The first kappa shape index (κ1) is 19.0. The quantitative estimate of drug-likeness (QED) is 0.681. The zero-order valence-corrected chi connectivity index (χ0v) is 13.9. The van der Waals surface area contributed by atoms with Crippen molar-refractivity contribution in [2.75, 3.05) is 0 Å². The van der Waals surface area contributed by atoms with Crippen LogP contribution in [0.15, 0.2) is 60.7 Å². The molecule has 0 unspecified atom stereocenters. The lowest BCUT2D eigenvalue weighted by molar-refractivity contribution is -0.131. The van der Waals surface area contributed by atoms with Crippen LogP contribution in [-0.4, -0.2) is 22.6 Å². The number of aliphatic carboxylic acids is 1. The molecule has 0 bridgehead atoms. The number of carbonyl (C=O) groups excluding carboxylic acids is 2. The van der Waals surface area contributed by atoms with Gasteiger partial charge in [-0.2, -0.15) is 0 Å². The van der Waals surface area contributed by atoms with Crippen LogP contribution in [0, 0.1) is 13.8 Å². The summed E-state index contributed by atoms with van der Waals surface area (Å²) < 4.78 is 0. The van der Waals surface area contributed by atoms with Crippen molar-refractivity contribution in [2.45, 2.75) is 20.8 Å². The van der Waals surface area contributed by atoms with Gasteiger partial charge in [-0.05, 0) is 39.0 Å². The lowest BCUT2D eigenvalue weighted by Crippen LogP contribution is -1.96. The Bertz CT molecular complexity index is 773. The van der Waals surface area contributed by atoms with Crippen LogP contribution in [0.5, 0.6) is 0 Å². The Kier molecular flexibility index (Phi) is 7.30. The van der Waals surface area contributed by atoms with Gasteiger partial charge in [-0.25, -0.2) is 4.79 Å². The van der Waals surface area contributed by atoms with Gasteiger partial charge in [0.25, 0.3) is 0 Å². The third-order valence-corrected chi connectivity index (χ3v) is 3.10. The second-order valence-electron chi connectivity index (χ2n) is 5.33. The van der Waals surface area contributed by atoms with Crippen molar-refractivity contribution in [2.24, 2.45) is 0 Å². The van der Waals surface area contributed by atoms with Gasteiger partial charge in [0, 0.05) is 17.2 Å². The molecule has 0 aliphatic heterocycles. The van der Waals surface area contributed by atoms with Crippen molar-refractivity contribution in [3.8, 4) is 0 Å². The molecule has 0 saturated heterocycles. The van der Waals surface area contributed by atoms with Gasteiger partial charge >= 0.3 is 5.97 Å². The molecule has 24 heavy (non-hydrogen) atoms. The number of carboxylic acids is 1. The van der Waals surface area contributed by atoms with Crippen molar-refractivity contribution in [1.29, 1.82) is 0 Å². The van der Waals surface area contributed by atoms with Gasteiger partial charge in [-0.3, -0.25) is 9.59 Å². The molecule has 0 aliphatic carbocycles. The maximum Gasteiger partial charge on any atom is 0.328 e. The molecule has 0 fully saturated rings. The van der Waals surface area contributed by atoms with Crippen LogP contribution in [0.3, 0.4) is 0 Å². The Morgan fingerprint density at radius 2 is 1.33 bits per heavy atom. The second kappa shape index (κ2) is 9.20. The van der Waals surface area contributed by atoms with Gasteiger partial charge in [-0.1, -0.05) is 47.5 Å². The lowest BCUT2D eigenvalue weighted by atomic mass is 10.1. The molecule has 0 aliphatic rings. The molecule has 2 rings (SSSR count). The topological polar surface area (TPSA) is 71.4 Å². The van der Waals surface area contributed by atoms with E-state index in [1.54, 1.807) is 25.1 Å². The molecule has 0 aromatic heterocycles. The number of carboxylic acid groups (broad SMARTS) is 1. The molecule has 0 spiro atoms. The highest BCUT2D eigenvalue weighted by atomic mass is 16.4. The molecule has 4 heteroatoms. The highest BCUT2D eigenvalue weighted by Gasteiger charge is 2.01. The summed E-state index contributed by atoms with van der Waals surface area (Å²) in [6.07, 6.45) is 1.89. The fourth-order valence-electron chi connectivity index (χ4n) is 1.91. The van der Waals surface area contributed by atoms with E-state index in [4.69, 9.17) is 5.11 Å². The van der Waals surface area contributed by atoms with E-state index in [2.05, 4.69) is 0 Å². The number of benzene rings is 2. The van der Waals surface area contributed by atoms with Crippen LogP contribution in [0.25, 0.3) is 0 Å². The van der Waals surface area contributed by atoms with Crippen molar-refractivity contribution in [1.82, 2.24) is 0 Å². The first-order valence-corrected chi connectivity index (χ1v) is 7.39. The third-order valence-electron chi connectivity index (χ3n) is 3.10. The Hall–Kier alpha value is -3.01. The summed E-state index contributed by atoms with van der Waals surface area (Å²) in [5, 5.41) is 8.32. The van der Waals surface area contributed by atoms with Crippen LogP contribution in [-0.2, 0) is 4.79 Å². The predicted molar refractivity (Wildman–Crippen MR) is 93.5 cm³/mol. The summed E-state index contributed by atoms with van der Waals surface area (Å²) in [4.78, 5) is 32.3. The minimum atomic E-state index is -1.12. The zero-order valence-electron chi connectivity index (χ0n) is 13.9. The van der Waals surface area contributed by atoms with E-state index >= 15 is 0 Å². The molecule has 0 radical (unpaired) electrons. The fraction of sp³-hybridized carbons (Fsp3) is 0.150. The highest BCUT2D eigenvalue weighted by molar-refractivity contribution is 6.06. The van der Waals surface area contributed by atoms with Crippen LogP contribution < -0.4 is 0 Å². The molecular weight excluding hydrogens is 304 g/mol. The molecule has 124 valence electrons. The SMILES string of the molecule is CC(=O)c1cccc(C)c1.Cc1cccc(C(=O)/C=C/C(=O)O)c1. The minimum Gasteiger partial charge on any atom is -0.478 e. The van der Waals surface area contributed by atoms with E-state index in [0.717, 1.165) is 28.8 Å². The Morgan fingerprint density at radius 1 is 0.833 bits per heavy atom. The molecule has 1 N–H and O–H groups in total. The van der Waals surface area contributed by atoms with E-state index in [1.165, 1.54) is 0 Å². The largest absolute Gasteiger partial charge is 0.478 e. The van der Waals surface area contributed by atoms with Gasteiger partial charge in [0.05, 0.1) is 0 Å². The van der Waals surface area contributed by atoms with Crippen LogP contribution in [0.4, 0.5) is 0 Å². The molecule has 0 heterocycles. The van der Waals surface area contributed by atoms with Crippen molar-refractivity contribution in [3.63, 3.8) is 0 Å². The Labute approximate surface area is 141 Å². The number of Topliss-reactive ketones (excluding diaryl/α,β-unsaturated/α-hetero) is 1. The van der Waals surface area contributed by atoms with E-state index < -0.39 is 5.97 Å². The number of hydrogen-bond acceptors (Lipinski definition) is 3. The monoisotopic (exact) mass is 324 g/mol. The second-order valence-corrected chi connectivity index (χ2v) is 5.33. The fourth-order valence-corrected chi connectivity index (χ4v) is 1.91. The number of hydrogen-bond donors (Lipinski definition) is 1. The van der Waals surface area contributed by atoms with Crippen molar-refractivity contribution in [3.05, 3.63) is 82.9 Å². The van der Waals surface area contributed by atoms with Gasteiger partial charge in [0.15, 0.2) is 11.6 Å². The molecule has 0 amide bonds. The summed E-state index contributed by atoms with van der Waals surface area (Å²) >= 11 is 0. The Balaban J connectivity index is 0.000000254. The Morgan fingerprint density at radius 3 is 1.75 bits per heavy atom. The summed E-state index contributed by atoms with van der Waals surface area (Å²) in [6.45, 7) is 5.43. The number of rotatable bonds is 4. The molecule has 4 nitrogen and oxygen atoms in total. The third kappa shape index (κ3) is 6.83. The molecular formula is C20H20O4. The maximum absolute atomic E-state index is 11.4. The summed E-state index contributed by atoms with van der Waals surface area (Å²) in [5.41, 5.74) is 3.40. The number of carbonyl (C=O) groups is 3. The highest BCUT2D eigenvalue weighted by Crippen LogP contribution is 2.05. The molecule has 0 atom stereocenters. The van der Waals surface area contributed by atoms with E-state index in [9.17, 15) is 14.4 Å². The van der Waals surface area contributed by atoms with E-state index in [0.29, 0.717) is 5.56 Å². The maximum atomic E-state index is 11.4. The molecule has 2 aromatic rings. The lowest BCUT2D eigenvalue weighted by Gasteiger charge is -1.96. The number of allylic oxidation sites excluding steroid dienone is 1. The van der Waals surface area contributed by atoms with Crippen molar-refractivity contribution < 1.29 is 19.5 Å². The predicted octanol–water partition coefficient (Wildman–Crippen LogP) is 4.02. The first-order chi connectivity index (χ1) is 11.3. The zero-order chi connectivity index (χ0) is 18.1. The van der Waals surface area contributed by atoms with Gasteiger partial charge in [0.1, 0.15) is 0 Å². The van der Waals surface area contributed by atoms with E-state index in [1.807, 2.05) is 44.2 Å². The standard InChI is InChI=1S/C11H10O3.C9H10O/c1-8-3-2-4-9(7-8)10(12)5-6-11(13)14;1-7-4-3-5-9(6-7)8(2)10/h2-7H,1H3,(H,13,14);3-6H,1-2H3/b6-5+;. The van der Waals surface area contributed by atoms with Gasteiger partial charge in [-0.15, -0.1) is 0 Å². The molecule has 0 saturated carbocycles. The summed E-state index contributed by atoms with van der Waals surface area (Å²) in [6, 6.07) is 14.6. The van der Waals surface area contributed by atoms with Gasteiger partial charge < -0.3 is 5.11 Å². The van der Waals surface area contributed by atoms with Crippen LogP contribution in [0.2, 0.25) is 0 Å². The van der Waals surface area contributed by atoms with Gasteiger partial charge in [0.2, 0.25) is 0 Å². The van der Waals surface area contributed by atoms with Crippen LogP contribution >= 0.6 is 0 Å².